The van der Waals surface area contributed by atoms with Gasteiger partial charge in [0, 0.05) is 32.2 Å². The highest BCUT2D eigenvalue weighted by atomic mass is 35.5. The Bertz CT molecular complexity index is 655. The zero-order valence-electron chi connectivity index (χ0n) is 14.7. The Morgan fingerprint density at radius 2 is 2.04 bits per heavy atom. The second kappa shape index (κ2) is 8.76. The van der Waals surface area contributed by atoms with E-state index in [1.165, 1.54) is 0 Å². The van der Waals surface area contributed by atoms with Crippen molar-refractivity contribution in [2.24, 2.45) is 4.99 Å². The summed E-state index contributed by atoms with van der Waals surface area (Å²) in [6.07, 6.45) is 1.70. The van der Waals surface area contributed by atoms with Crippen molar-refractivity contribution >= 4 is 17.6 Å². The molecule has 5 nitrogen and oxygen atoms in total. The van der Waals surface area contributed by atoms with Gasteiger partial charge < -0.3 is 14.6 Å². The highest BCUT2D eigenvalue weighted by molar-refractivity contribution is 6.30. The van der Waals surface area contributed by atoms with Crippen LogP contribution in [0.5, 0.6) is 0 Å². The first-order valence-corrected chi connectivity index (χ1v) is 8.25. The summed E-state index contributed by atoms with van der Waals surface area (Å²) in [7, 11) is 7.86. The summed E-state index contributed by atoms with van der Waals surface area (Å²) >= 11 is 6.06. The van der Waals surface area contributed by atoms with E-state index in [-0.39, 0.29) is 6.04 Å². The van der Waals surface area contributed by atoms with E-state index in [0.717, 1.165) is 28.9 Å². The molecule has 0 radical (unpaired) electrons. The second-order valence-electron chi connectivity index (χ2n) is 5.91. The van der Waals surface area contributed by atoms with E-state index >= 15 is 0 Å². The molecule has 1 N–H and O–H groups in total. The van der Waals surface area contributed by atoms with E-state index in [9.17, 15) is 0 Å². The lowest BCUT2D eigenvalue weighted by atomic mass is 10.2. The summed E-state index contributed by atoms with van der Waals surface area (Å²) in [5, 5.41) is 4.16. The van der Waals surface area contributed by atoms with Gasteiger partial charge in [-0.2, -0.15) is 0 Å². The van der Waals surface area contributed by atoms with Crippen molar-refractivity contribution < 1.29 is 4.42 Å². The lowest BCUT2D eigenvalue weighted by molar-refractivity contribution is 0.256. The topological polar surface area (TPSA) is 44.0 Å². The van der Waals surface area contributed by atoms with Gasteiger partial charge in [-0.25, -0.2) is 0 Å². The minimum atomic E-state index is 0.135. The molecule has 0 aliphatic carbocycles. The highest BCUT2D eigenvalue weighted by Crippen LogP contribution is 2.18. The first-order valence-electron chi connectivity index (χ1n) is 7.87. The Morgan fingerprint density at radius 3 is 2.62 bits per heavy atom. The number of aliphatic imine (C=N–C) groups is 1. The molecule has 0 bridgehead atoms. The summed E-state index contributed by atoms with van der Waals surface area (Å²) in [6.45, 7) is 1.43. The van der Waals surface area contributed by atoms with Gasteiger partial charge in [-0.3, -0.25) is 9.89 Å². The Kier molecular flexibility index (Phi) is 6.70. The van der Waals surface area contributed by atoms with Gasteiger partial charge in [0.15, 0.2) is 5.96 Å². The molecule has 130 valence electrons. The van der Waals surface area contributed by atoms with Crippen molar-refractivity contribution in [2.75, 3.05) is 34.7 Å². The SMILES string of the molecule is CN=C(NCC(c1ccco1)N(C)C)N(C)Cc1cccc(Cl)c1. The predicted molar refractivity (Wildman–Crippen MR) is 99.4 cm³/mol. The molecule has 1 unspecified atom stereocenters. The molecule has 2 aromatic rings. The van der Waals surface area contributed by atoms with Crippen LogP contribution < -0.4 is 5.32 Å². The van der Waals surface area contributed by atoms with Crippen LogP contribution in [0.25, 0.3) is 0 Å². The van der Waals surface area contributed by atoms with Crippen molar-refractivity contribution in [3.8, 4) is 0 Å². The molecule has 0 amide bonds. The molecule has 1 aromatic heterocycles. The largest absolute Gasteiger partial charge is 0.468 e. The molecule has 0 aliphatic rings. The van der Waals surface area contributed by atoms with Crippen LogP contribution in [0.1, 0.15) is 17.4 Å². The Hall–Kier alpha value is -1.98. The summed E-state index contributed by atoms with van der Waals surface area (Å²) in [5.41, 5.74) is 1.14. The second-order valence-corrected chi connectivity index (χ2v) is 6.35. The van der Waals surface area contributed by atoms with Crippen LogP contribution >= 0.6 is 11.6 Å². The first-order chi connectivity index (χ1) is 11.5. The molecule has 0 saturated heterocycles. The van der Waals surface area contributed by atoms with Crippen LogP contribution in [0.15, 0.2) is 52.1 Å². The average molecular weight is 349 g/mol. The van der Waals surface area contributed by atoms with Crippen LogP contribution in [-0.2, 0) is 6.54 Å². The van der Waals surface area contributed by atoms with Crippen molar-refractivity contribution in [1.82, 2.24) is 15.1 Å². The molecular formula is C18H25ClN4O. The molecule has 2 rings (SSSR count). The van der Waals surface area contributed by atoms with E-state index in [1.807, 2.05) is 51.5 Å². The quantitative estimate of drug-likeness (QED) is 0.643. The number of hydrogen-bond acceptors (Lipinski definition) is 3. The van der Waals surface area contributed by atoms with Crippen LogP contribution in [-0.4, -0.2) is 50.5 Å². The molecule has 1 heterocycles. The monoisotopic (exact) mass is 348 g/mol. The third-order valence-corrected chi connectivity index (χ3v) is 4.07. The van der Waals surface area contributed by atoms with Crippen molar-refractivity contribution in [2.45, 2.75) is 12.6 Å². The summed E-state index contributed by atoms with van der Waals surface area (Å²) < 4.78 is 5.54. The normalized spacial score (nSPS) is 13.2. The van der Waals surface area contributed by atoms with E-state index in [1.54, 1.807) is 13.3 Å². The minimum absolute atomic E-state index is 0.135. The zero-order chi connectivity index (χ0) is 17.5. The number of rotatable bonds is 6. The lowest BCUT2D eigenvalue weighted by Gasteiger charge is -2.27. The maximum absolute atomic E-state index is 6.06. The molecular weight excluding hydrogens is 324 g/mol. The zero-order valence-corrected chi connectivity index (χ0v) is 15.4. The van der Waals surface area contributed by atoms with E-state index in [4.69, 9.17) is 16.0 Å². The standard InChI is InChI=1S/C18H25ClN4O/c1-20-18(23(4)13-14-7-5-8-15(19)11-14)21-12-16(22(2)3)17-9-6-10-24-17/h5-11,16H,12-13H2,1-4H3,(H,20,21). The van der Waals surface area contributed by atoms with E-state index in [0.29, 0.717) is 6.54 Å². The molecule has 0 aliphatic heterocycles. The van der Waals surface area contributed by atoms with Gasteiger partial charge in [-0.05, 0) is 43.9 Å². The van der Waals surface area contributed by atoms with Gasteiger partial charge in [0.25, 0.3) is 0 Å². The Labute approximate surface area is 148 Å². The Balaban J connectivity index is 1.98. The number of nitrogens with zero attached hydrogens (tertiary/aromatic N) is 3. The van der Waals surface area contributed by atoms with Gasteiger partial charge in [0.1, 0.15) is 5.76 Å². The van der Waals surface area contributed by atoms with Crippen molar-refractivity contribution in [3.05, 3.63) is 59.0 Å². The van der Waals surface area contributed by atoms with Gasteiger partial charge in [0.05, 0.1) is 12.3 Å². The number of furan rings is 1. The highest BCUT2D eigenvalue weighted by Gasteiger charge is 2.18. The van der Waals surface area contributed by atoms with Crippen LogP contribution in [0.4, 0.5) is 0 Å². The summed E-state index contributed by atoms with van der Waals surface area (Å²) in [5.74, 6) is 1.76. The number of hydrogen-bond donors (Lipinski definition) is 1. The fourth-order valence-electron chi connectivity index (χ4n) is 2.58. The number of guanidine groups is 1. The predicted octanol–water partition coefficient (Wildman–Crippen LogP) is 3.24. The third kappa shape index (κ3) is 5.01. The summed E-state index contributed by atoms with van der Waals surface area (Å²) in [4.78, 5) is 8.56. The molecule has 0 spiro atoms. The van der Waals surface area contributed by atoms with Gasteiger partial charge in [0.2, 0.25) is 0 Å². The van der Waals surface area contributed by atoms with Gasteiger partial charge in [-0.1, -0.05) is 23.7 Å². The van der Waals surface area contributed by atoms with Gasteiger partial charge >= 0.3 is 0 Å². The van der Waals surface area contributed by atoms with E-state index < -0.39 is 0 Å². The first kappa shape index (κ1) is 18.4. The maximum atomic E-state index is 6.06. The third-order valence-electron chi connectivity index (χ3n) is 3.83. The molecule has 1 aromatic carbocycles. The van der Waals surface area contributed by atoms with Gasteiger partial charge in [-0.15, -0.1) is 0 Å². The number of benzene rings is 1. The molecule has 0 fully saturated rings. The molecule has 0 saturated carbocycles. The van der Waals surface area contributed by atoms with Crippen LogP contribution in [0.2, 0.25) is 5.02 Å². The molecule has 24 heavy (non-hydrogen) atoms. The number of halogens is 1. The minimum Gasteiger partial charge on any atom is -0.468 e. The molecule has 6 heteroatoms. The number of nitrogens with one attached hydrogen (secondary N) is 1. The van der Waals surface area contributed by atoms with Crippen molar-refractivity contribution in [1.29, 1.82) is 0 Å². The smallest absolute Gasteiger partial charge is 0.193 e. The fourth-order valence-corrected chi connectivity index (χ4v) is 2.79. The summed E-state index contributed by atoms with van der Waals surface area (Å²) in [6, 6.07) is 11.9. The van der Waals surface area contributed by atoms with E-state index in [2.05, 4.69) is 26.2 Å². The number of likely N-dealkylation sites (N-methyl/N-ethyl adjacent to an activating group) is 1. The lowest BCUT2D eigenvalue weighted by Crippen LogP contribution is -2.42. The van der Waals surface area contributed by atoms with Crippen LogP contribution in [0, 0.1) is 0 Å². The van der Waals surface area contributed by atoms with Crippen LogP contribution in [0.3, 0.4) is 0 Å². The molecule has 1 atom stereocenters. The Morgan fingerprint density at radius 1 is 1.25 bits per heavy atom. The fraction of sp³-hybridized carbons (Fsp3) is 0.389. The maximum Gasteiger partial charge on any atom is 0.193 e. The van der Waals surface area contributed by atoms with Crippen molar-refractivity contribution in [3.63, 3.8) is 0 Å². The average Bonchev–Trinajstić information content (AvgIpc) is 3.05.